The average molecular weight is 183 g/mol. The van der Waals surface area contributed by atoms with Crippen molar-refractivity contribution in [1.29, 1.82) is 0 Å². The molecule has 0 aromatic heterocycles. The van der Waals surface area contributed by atoms with Crippen LogP contribution in [0.15, 0.2) is 0 Å². The highest BCUT2D eigenvalue weighted by molar-refractivity contribution is 4.71. The van der Waals surface area contributed by atoms with E-state index in [0.29, 0.717) is 0 Å². The smallest absolute Gasteiger partial charge is 0.00619 e. The number of hydrogen-bond acceptors (Lipinski definition) is 1. The molecule has 0 heterocycles. The molecule has 1 aliphatic rings. The van der Waals surface area contributed by atoms with Crippen molar-refractivity contribution in [1.82, 2.24) is 5.32 Å². The SMILES string of the molecule is CCC(CC)NCC1CCCCC1. The highest BCUT2D eigenvalue weighted by Crippen LogP contribution is 2.22. The first-order chi connectivity index (χ1) is 6.36. The van der Waals surface area contributed by atoms with E-state index in [2.05, 4.69) is 19.2 Å². The van der Waals surface area contributed by atoms with Crippen LogP contribution in [-0.2, 0) is 0 Å². The molecule has 1 heteroatoms. The third-order valence-electron chi connectivity index (χ3n) is 3.41. The fourth-order valence-electron chi connectivity index (χ4n) is 2.30. The first-order valence-electron chi connectivity index (χ1n) is 6.10. The van der Waals surface area contributed by atoms with Crippen molar-refractivity contribution < 1.29 is 0 Å². The maximum atomic E-state index is 3.69. The van der Waals surface area contributed by atoms with Gasteiger partial charge in [-0.05, 0) is 38.1 Å². The molecule has 0 aromatic rings. The van der Waals surface area contributed by atoms with Gasteiger partial charge in [-0.25, -0.2) is 0 Å². The van der Waals surface area contributed by atoms with Crippen LogP contribution >= 0.6 is 0 Å². The second-order valence-electron chi connectivity index (χ2n) is 4.43. The van der Waals surface area contributed by atoms with E-state index in [1.807, 2.05) is 0 Å². The van der Waals surface area contributed by atoms with Gasteiger partial charge in [0.25, 0.3) is 0 Å². The van der Waals surface area contributed by atoms with Crippen LogP contribution in [0.5, 0.6) is 0 Å². The molecule has 0 radical (unpaired) electrons. The molecule has 0 aliphatic heterocycles. The van der Waals surface area contributed by atoms with Gasteiger partial charge in [-0.3, -0.25) is 0 Å². The van der Waals surface area contributed by atoms with Crippen LogP contribution in [-0.4, -0.2) is 12.6 Å². The van der Waals surface area contributed by atoms with E-state index in [-0.39, 0.29) is 0 Å². The maximum absolute atomic E-state index is 3.69. The Kier molecular flexibility index (Phi) is 5.45. The Morgan fingerprint density at radius 2 is 1.69 bits per heavy atom. The zero-order valence-electron chi connectivity index (χ0n) is 9.31. The minimum Gasteiger partial charge on any atom is -0.314 e. The van der Waals surface area contributed by atoms with E-state index in [1.165, 1.54) is 51.5 Å². The van der Waals surface area contributed by atoms with Crippen molar-refractivity contribution in [2.24, 2.45) is 5.92 Å². The van der Waals surface area contributed by atoms with Crippen LogP contribution in [0.1, 0.15) is 58.8 Å². The van der Waals surface area contributed by atoms with Crippen LogP contribution in [0.2, 0.25) is 0 Å². The lowest BCUT2D eigenvalue weighted by Crippen LogP contribution is -2.33. The van der Waals surface area contributed by atoms with Gasteiger partial charge in [0.2, 0.25) is 0 Å². The van der Waals surface area contributed by atoms with Gasteiger partial charge < -0.3 is 5.32 Å². The molecule has 1 N–H and O–H groups in total. The standard InChI is InChI=1S/C12H25N/c1-3-12(4-2)13-10-11-8-6-5-7-9-11/h11-13H,3-10H2,1-2H3. The molecule has 1 saturated carbocycles. The maximum Gasteiger partial charge on any atom is 0.00619 e. The Bertz CT molecular complexity index is 112. The van der Waals surface area contributed by atoms with Gasteiger partial charge in [0.05, 0.1) is 0 Å². The molecule has 0 unspecified atom stereocenters. The number of hydrogen-bond donors (Lipinski definition) is 1. The summed E-state index contributed by atoms with van der Waals surface area (Å²) in [7, 11) is 0. The summed E-state index contributed by atoms with van der Waals surface area (Å²) in [5.41, 5.74) is 0. The van der Waals surface area contributed by atoms with Crippen molar-refractivity contribution in [3.8, 4) is 0 Å². The van der Waals surface area contributed by atoms with E-state index in [4.69, 9.17) is 0 Å². The van der Waals surface area contributed by atoms with E-state index in [0.717, 1.165) is 12.0 Å². The zero-order chi connectivity index (χ0) is 9.52. The quantitative estimate of drug-likeness (QED) is 0.689. The van der Waals surface area contributed by atoms with Crippen LogP contribution in [0.25, 0.3) is 0 Å². The van der Waals surface area contributed by atoms with Crippen LogP contribution in [0, 0.1) is 5.92 Å². The molecule has 78 valence electrons. The molecule has 1 aliphatic carbocycles. The van der Waals surface area contributed by atoms with Gasteiger partial charge in [-0.15, -0.1) is 0 Å². The first kappa shape index (κ1) is 11.0. The Labute approximate surface area is 83.3 Å². The average Bonchev–Trinajstić information content (AvgIpc) is 2.21. The highest BCUT2D eigenvalue weighted by atomic mass is 14.9. The van der Waals surface area contributed by atoms with Crippen molar-refractivity contribution in [2.75, 3.05) is 6.54 Å². The molecule has 1 rings (SSSR count). The summed E-state index contributed by atoms with van der Waals surface area (Å²) in [5, 5.41) is 3.69. The first-order valence-corrected chi connectivity index (χ1v) is 6.10. The topological polar surface area (TPSA) is 12.0 Å². The van der Waals surface area contributed by atoms with E-state index in [1.54, 1.807) is 0 Å². The molecule has 0 aromatic carbocycles. The van der Waals surface area contributed by atoms with Gasteiger partial charge in [-0.1, -0.05) is 33.1 Å². The van der Waals surface area contributed by atoms with Crippen molar-refractivity contribution >= 4 is 0 Å². The molecule has 13 heavy (non-hydrogen) atoms. The normalized spacial score (nSPS) is 19.6. The third kappa shape index (κ3) is 4.12. The molecule has 1 nitrogen and oxygen atoms in total. The van der Waals surface area contributed by atoms with Crippen molar-refractivity contribution in [3.05, 3.63) is 0 Å². The summed E-state index contributed by atoms with van der Waals surface area (Å²) in [5.74, 6) is 0.981. The lowest BCUT2D eigenvalue weighted by atomic mass is 9.89. The van der Waals surface area contributed by atoms with Gasteiger partial charge in [-0.2, -0.15) is 0 Å². The third-order valence-corrected chi connectivity index (χ3v) is 3.41. The molecule has 0 atom stereocenters. The molecule has 0 spiro atoms. The molecule has 1 fully saturated rings. The second kappa shape index (κ2) is 6.42. The summed E-state index contributed by atoms with van der Waals surface area (Å²) in [6.07, 6.45) is 9.90. The molecule has 0 saturated heterocycles. The fraction of sp³-hybridized carbons (Fsp3) is 1.00. The summed E-state index contributed by atoms with van der Waals surface area (Å²) in [6.45, 7) is 5.83. The minimum atomic E-state index is 0.766. The van der Waals surface area contributed by atoms with Gasteiger partial charge >= 0.3 is 0 Å². The predicted octanol–water partition coefficient (Wildman–Crippen LogP) is 3.34. The van der Waals surface area contributed by atoms with Crippen molar-refractivity contribution in [2.45, 2.75) is 64.8 Å². The van der Waals surface area contributed by atoms with Crippen molar-refractivity contribution in [3.63, 3.8) is 0 Å². The van der Waals surface area contributed by atoms with Gasteiger partial charge in [0.15, 0.2) is 0 Å². The summed E-state index contributed by atoms with van der Waals surface area (Å²) < 4.78 is 0. The predicted molar refractivity (Wildman–Crippen MR) is 58.9 cm³/mol. The van der Waals surface area contributed by atoms with E-state index in [9.17, 15) is 0 Å². The lowest BCUT2D eigenvalue weighted by molar-refractivity contribution is 0.322. The lowest BCUT2D eigenvalue weighted by Gasteiger charge is -2.24. The van der Waals surface area contributed by atoms with Crippen LogP contribution < -0.4 is 5.32 Å². The molecule has 0 amide bonds. The fourth-order valence-corrected chi connectivity index (χ4v) is 2.30. The van der Waals surface area contributed by atoms with E-state index < -0.39 is 0 Å². The van der Waals surface area contributed by atoms with Crippen LogP contribution in [0.4, 0.5) is 0 Å². The highest BCUT2D eigenvalue weighted by Gasteiger charge is 2.13. The zero-order valence-corrected chi connectivity index (χ0v) is 9.31. The summed E-state index contributed by atoms with van der Waals surface area (Å²) in [6, 6.07) is 0.766. The Hall–Kier alpha value is -0.0400. The summed E-state index contributed by atoms with van der Waals surface area (Å²) in [4.78, 5) is 0. The monoisotopic (exact) mass is 183 g/mol. The molecular weight excluding hydrogens is 158 g/mol. The number of nitrogens with one attached hydrogen (secondary N) is 1. The Morgan fingerprint density at radius 1 is 1.08 bits per heavy atom. The van der Waals surface area contributed by atoms with Gasteiger partial charge in [0, 0.05) is 6.04 Å². The van der Waals surface area contributed by atoms with Crippen LogP contribution in [0.3, 0.4) is 0 Å². The largest absolute Gasteiger partial charge is 0.314 e. The Balaban J connectivity index is 2.09. The Morgan fingerprint density at radius 3 is 2.23 bits per heavy atom. The summed E-state index contributed by atoms with van der Waals surface area (Å²) >= 11 is 0. The molecular formula is C12H25N. The molecule has 0 bridgehead atoms. The van der Waals surface area contributed by atoms with E-state index >= 15 is 0 Å². The second-order valence-corrected chi connectivity index (χ2v) is 4.43. The van der Waals surface area contributed by atoms with Gasteiger partial charge in [0.1, 0.15) is 0 Å². The minimum absolute atomic E-state index is 0.766. The number of rotatable bonds is 5.